The number of hydrogen-bond acceptors (Lipinski definition) is 3. The first-order valence-electron chi connectivity index (χ1n) is 6.80. The molecule has 0 saturated heterocycles. The van der Waals surface area contributed by atoms with E-state index in [4.69, 9.17) is 10.7 Å². The lowest BCUT2D eigenvalue weighted by atomic mass is 9.80. The van der Waals surface area contributed by atoms with E-state index in [-0.39, 0.29) is 22.1 Å². The van der Waals surface area contributed by atoms with Crippen molar-refractivity contribution in [3.05, 3.63) is 29.8 Å². The number of halogens is 1. The van der Waals surface area contributed by atoms with Crippen molar-refractivity contribution in [2.24, 2.45) is 11.3 Å². The summed E-state index contributed by atoms with van der Waals surface area (Å²) in [7, 11) is 1.54. The molecule has 1 aromatic rings. The van der Waals surface area contributed by atoms with E-state index in [2.05, 4.69) is 33.0 Å². The van der Waals surface area contributed by atoms with Gasteiger partial charge in [0.25, 0.3) is 9.05 Å². The molecule has 6 heteroatoms. The van der Waals surface area contributed by atoms with Gasteiger partial charge in [0.05, 0.1) is 4.90 Å². The average Bonchev–Trinajstić information content (AvgIpc) is 2.34. The Hall–Kier alpha value is -1.07. The minimum absolute atomic E-state index is 0.00790. The fraction of sp³-hybridized carbons (Fsp3) is 0.533. The summed E-state index contributed by atoms with van der Waals surface area (Å²) in [4.78, 5) is 11.9. The van der Waals surface area contributed by atoms with Gasteiger partial charge in [-0.25, -0.2) is 8.42 Å². The van der Waals surface area contributed by atoms with Crippen LogP contribution in [-0.2, 0) is 20.4 Å². The highest BCUT2D eigenvalue weighted by Gasteiger charge is 2.22. The first kappa shape index (κ1) is 18.0. The number of carbonyl (C=O) groups is 1. The predicted molar refractivity (Wildman–Crippen MR) is 84.6 cm³/mol. The summed E-state index contributed by atoms with van der Waals surface area (Å²) in [6, 6.07) is 6.15. The van der Waals surface area contributed by atoms with Crippen molar-refractivity contribution in [1.82, 2.24) is 5.32 Å². The Balaban J connectivity index is 2.54. The first-order chi connectivity index (χ1) is 9.50. The normalized spacial score (nSPS) is 13.8. The number of benzene rings is 1. The van der Waals surface area contributed by atoms with Crippen LogP contribution in [-0.4, -0.2) is 14.3 Å². The van der Waals surface area contributed by atoms with E-state index in [1.807, 2.05) is 0 Å². The maximum absolute atomic E-state index is 11.9. The van der Waals surface area contributed by atoms with Crippen LogP contribution in [0.2, 0.25) is 0 Å². The smallest absolute Gasteiger partial charge is 0.261 e. The topological polar surface area (TPSA) is 63.2 Å². The van der Waals surface area contributed by atoms with Gasteiger partial charge in [-0.3, -0.25) is 4.79 Å². The van der Waals surface area contributed by atoms with Crippen LogP contribution < -0.4 is 5.32 Å². The van der Waals surface area contributed by atoms with Crippen LogP contribution in [0.5, 0.6) is 0 Å². The summed E-state index contributed by atoms with van der Waals surface area (Å²) < 4.78 is 22.2. The second-order valence-corrected chi connectivity index (χ2v) is 8.90. The van der Waals surface area contributed by atoms with Crippen LogP contribution in [0.15, 0.2) is 29.2 Å². The highest BCUT2D eigenvalue weighted by Crippen LogP contribution is 2.27. The highest BCUT2D eigenvalue weighted by molar-refractivity contribution is 8.13. The van der Waals surface area contributed by atoms with E-state index in [0.29, 0.717) is 13.0 Å². The second kappa shape index (κ2) is 6.79. The molecule has 1 aromatic carbocycles. The first-order valence-corrected chi connectivity index (χ1v) is 9.11. The van der Waals surface area contributed by atoms with Gasteiger partial charge in [0.2, 0.25) is 5.91 Å². The molecule has 1 N–H and O–H groups in total. The molecule has 1 unspecified atom stereocenters. The summed E-state index contributed by atoms with van der Waals surface area (Å²) >= 11 is 0. The van der Waals surface area contributed by atoms with Gasteiger partial charge in [0.15, 0.2) is 0 Å². The molecule has 0 heterocycles. The third-order valence-corrected chi connectivity index (χ3v) is 5.03. The van der Waals surface area contributed by atoms with Crippen molar-refractivity contribution in [2.75, 3.05) is 0 Å². The molecule has 1 amide bonds. The molecule has 1 atom stereocenters. The van der Waals surface area contributed by atoms with Gasteiger partial charge in [-0.1, -0.05) is 39.8 Å². The number of carbonyl (C=O) groups excluding carboxylic acids is 1. The molecule has 1 rings (SSSR count). The zero-order valence-electron chi connectivity index (χ0n) is 12.8. The van der Waals surface area contributed by atoms with E-state index in [1.54, 1.807) is 12.1 Å². The highest BCUT2D eigenvalue weighted by atomic mass is 35.7. The third kappa shape index (κ3) is 6.06. The van der Waals surface area contributed by atoms with Crippen LogP contribution in [0.25, 0.3) is 0 Å². The Morgan fingerprint density at radius 2 is 1.76 bits per heavy atom. The molecular formula is C15H22ClNO3S. The molecule has 0 fully saturated rings. The van der Waals surface area contributed by atoms with Crippen molar-refractivity contribution in [3.63, 3.8) is 0 Å². The summed E-state index contributed by atoms with van der Waals surface area (Å²) in [5, 5.41) is 2.84. The van der Waals surface area contributed by atoms with E-state index in [0.717, 1.165) is 5.56 Å². The van der Waals surface area contributed by atoms with Crippen LogP contribution in [0, 0.1) is 11.3 Å². The molecule has 118 valence electrons. The number of hydrogen-bond donors (Lipinski definition) is 1. The van der Waals surface area contributed by atoms with Crippen molar-refractivity contribution in [3.8, 4) is 0 Å². The molecule has 0 aliphatic rings. The Morgan fingerprint density at radius 1 is 1.24 bits per heavy atom. The summed E-state index contributed by atoms with van der Waals surface area (Å²) in [5.74, 6) is 0.271. The monoisotopic (exact) mass is 331 g/mol. The summed E-state index contributed by atoms with van der Waals surface area (Å²) in [6.07, 6.45) is 0.470. The second-order valence-electron chi connectivity index (χ2n) is 6.33. The van der Waals surface area contributed by atoms with Crippen molar-refractivity contribution < 1.29 is 13.2 Å². The molecule has 0 aromatic heterocycles. The number of rotatable bonds is 5. The maximum atomic E-state index is 11.9. The lowest BCUT2D eigenvalue weighted by Gasteiger charge is -2.26. The molecule has 0 aliphatic heterocycles. The Labute approximate surface area is 131 Å². The minimum atomic E-state index is -3.70. The van der Waals surface area contributed by atoms with Crippen molar-refractivity contribution >= 4 is 25.6 Å². The zero-order chi connectivity index (χ0) is 16.3. The Bertz CT molecular complexity index is 588. The molecular weight excluding hydrogens is 310 g/mol. The molecule has 0 bridgehead atoms. The van der Waals surface area contributed by atoms with Crippen LogP contribution in [0.1, 0.15) is 39.7 Å². The maximum Gasteiger partial charge on any atom is 0.261 e. The van der Waals surface area contributed by atoms with Gasteiger partial charge in [-0.05, 0) is 29.0 Å². The fourth-order valence-electron chi connectivity index (χ4n) is 1.63. The zero-order valence-corrected chi connectivity index (χ0v) is 14.4. The lowest BCUT2D eigenvalue weighted by Crippen LogP contribution is -2.28. The minimum Gasteiger partial charge on any atom is -0.352 e. The van der Waals surface area contributed by atoms with E-state index in [9.17, 15) is 13.2 Å². The van der Waals surface area contributed by atoms with E-state index >= 15 is 0 Å². The fourth-order valence-corrected chi connectivity index (χ4v) is 2.40. The SMILES string of the molecule is CC(CC(=O)NCc1ccc(S(=O)(=O)Cl)cc1)C(C)(C)C. The average molecular weight is 332 g/mol. The molecule has 0 spiro atoms. The van der Waals surface area contributed by atoms with Gasteiger partial charge >= 0.3 is 0 Å². The largest absolute Gasteiger partial charge is 0.352 e. The standard InChI is InChI=1S/C15H22ClNO3S/c1-11(15(2,3)4)9-14(18)17-10-12-5-7-13(8-6-12)21(16,19)20/h5-8,11H,9-10H2,1-4H3,(H,17,18). The third-order valence-electron chi connectivity index (χ3n) is 3.66. The Kier molecular flexibility index (Phi) is 5.82. The van der Waals surface area contributed by atoms with E-state index in [1.165, 1.54) is 12.1 Å². The molecule has 21 heavy (non-hydrogen) atoms. The van der Waals surface area contributed by atoms with Gasteiger partial charge in [-0.15, -0.1) is 0 Å². The molecule has 0 aliphatic carbocycles. The van der Waals surface area contributed by atoms with E-state index < -0.39 is 9.05 Å². The molecule has 4 nitrogen and oxygen atoms in total. The van der Waals surface area contributed by atoms with Crippen LogP contribution in [0.4, 0.5) is 0 Å². The van der Waals surface area contributed by atoms with Crippen LogP contribution in [0.3, 0.4) is 0 Å². The van der Waals surface area contributed by atoms with Crippen LogP contribution >= 0.6 is 10.7 Å². The molecule has 0 saturated carbocycles. The van der Waals surface area contributed by atoms with Gasteiger partial charge < -0.3 is 5.32 Å². The quantitative estimate of drug-likeness (QED) is 0.842. The van der Waals surface area contributed by atoms with Gasteiger partial charge in [0, 0.05) is 23.6 Å². The summed E-state index contributed by atoms with van der Waals surface area (Å²) in [6.45, 7) is 8.75. The number of amides is 1. The summed E-state index contributed by atoms with van der Waals surface area (Å²) in [5.41, 5.74) is 0.920. The number of nitrogens with one attached hydrogen (secondary N) is 1. The van der Waals surface area contributed by atoms with Gasteiger partial charge in [-0.2, -0.15) is 0 Å². The van der Waals surface area contributed by atoms with Crippen molar-refractivity contribution in [1.29, 1.82) is 0 Å². The molecule has 0 radical (unpaired) electrons. The Morgan fingerprint density at radius 3 is 2.19 bits per heavy atom. The predicted octanol–water partition coefficient (Wildman–Crippen LogP) is 3.30. The van der Waals surface area contributed by atoms with Crippen molar-refractivity contribution in [2.45, 2.75) is 45.6 Å². The lowest BCUT2D eigenvalue weighted by molar-refractivity contribution is -0.122. The van der Waals surface area contributed by atoms with Gasteiger partial charge in [0.1, 0.15) is 0 Å².